The highest BCUT2D eigenvalue weighted by Crippen LogP contribution is 2.12. The molecule has 0 saturated heterocycles. The first-order valence-corrected chi connectivity index (χ1v) is 3.39. The van der Waals surface area contributed by atoms with E-state index in [9.17, 15) is 4.39 Å². The van der Waals surface area contributed by atoms with Gasteiger partial charge in [-0.1, -0.05) is 17.7 Å². The Morgan fingerprint density at radius 1 is 1.64 bits per heavy atom. The number of nitrogens with zero attached hydrogens (tertiary/aromatic N) is 2. The van der Waals surface area contributed by atoms with Crippen LogP contribution in [0.25, 0.3) is 0 Å². The van der Waals surface area contributed by atoms with E-state index in [4.69, 9.17) is 11.6 Å². The van der Waals surface area contributed by atoms with E-state index in [1.54, 1.807) is 6.08 Å². The fourth-order valence-electron chi connectivity index (χ4n) is 0.661. The third kappa shape index (κ3) is 1.74. The van der Waals surface area contributed by atoms with E-state index in [1.807, 2.05) is 0 Å². The summed E-state index contributed by atoms with van der Waals surface area (Å²) in [4.78, 5) is 7.15. The highest BCUT2D eigenvalue weighted by atomic mass is 35.5. The molecule has 1 aromatic rings. The second-order valence-electron chi connectivity index (χ2n) is 1.92. The van der Waals surface area contributed by atoms with Crippen molar-refractivity contribution in [1.82, 2.24) is 9.97 Å². The van der Waals surface area contributed by atoms with Crippen LogP contribution in [0.2, 0.25) is 5.15 Å². The van der Waals surface area contributed by atoms with E-state index in [1.165, 1.54) is 6.33 Å². The van der Waals surface area contributed by atoms with Gasteiger partial charge in [-0.05, 0) is 0 Å². The second-order valence-corrected chi connectivity index (χ2v) is 2.28. The maximum Gasteiger partial charge on any atom is 0.182 e. The molecular formula is C7H6ClFN2. The maximum atomic E-state index is 12.9. The number of halogens is 2. The van der Waals surface area contributed by atoms with E-state index >= 15 is 0 Å². The molecule has 1 heterocycles. The molecule has 58 valence electrons. The van der Waals surface area contributed by atoms with Gasteiger partial charge in [-0.2, -0.15) is 0 Å². The lowest BCUT2D eigenvalue weighted by molar-refractivity contribution is 0.597. The Kier molecular flexibility index (Phi) is 2.54. The SMILES string of the molecule is C=CCc1ncnc(Cl)c1F. The first-order chi connectivity index (χ1) is 5.25. The molecule has 0 atom stereocenters. The largest absolute Gasteiger partial charge is 0.238 e. The summed E-state index contributed by atoms with van der Waals surface area (Å²) >= 11 is 5.39. The van der Waals surface area contributed by atoms with Gasteiger partial charge in [0.2, 0.25) is 0 Å². The number of allylic oxidation sites excluding steroid dienone is 1. The summed E-state index contributed by atoms with van der Waals surface area (Å²) in [5.41, 5.74) is 0.278. The fraction of sp³-hybridized carbons (Fsp3) is 0.143. The van der Waals surface area contributed by atoms with Crippen molar-refractivity contribution in [2.24, 2.45) is 0 Å². The zero-order valence-corrected chi connectivity index (χ0v) is 6.48. The predicted molar refractivity (Wildman–Crippen MR) is 40.9 cm³/mol. The number of aromatic nitrogens is 2. The Morgan fingerprint density at radius 2 is 2.36 bits per heavy atom. The van der Waals surface area contributed by atoms with Gasteiger partial charge in [0, 0.05) is 6.42 Å². The smallest absolute Gasteiger partial charge is 0.182 e. The lowest BCUT2D eigenvalue weighted by Gasteiger charge is -1.97. The van der Waals surface area contributed by atoms with E-state index in [2.05, 4.69) is 16.5 Å². The van der Waals surface area contributed by atoms with Gasteiger partial charge < -0.3 is 0 Å². The molecule has 0 bridgehead atoms. The van der Waals surface area contributed by atoms with Gasteiger partial charge >= 0.3 is 0 Å². The second kappa shape index (κ2) is 3.44. The molecule has 0 amide bonds. The summed E-state index contributed by atoms with van der Waals surface area (Å²) in [6.45, 7) is 3.46. The molecule has 0 radical (unpaired) electrons. The minimum absolute atomic E-state index is 0.142. The normalized spacial score (nSPS) is 9.64. The highest BCUT2D eigenvalue weighted by molar-refractivity contribution is 6.29. The average Bonchev–Trinajstić information content (AvgIpc) is 1.99. The van der Waals surface area contributed by atoms with Crippen molar-refractivity contribution < 1.29 is 4.39 Å². The van der Waals surface area contributed by atoms with Crippen LogP contribution in [0.4, 0.5) is 4.39 Å². The third-order valence-electron chi connectivity index (χ3n) is 1.16. The van der Waals surface area contributed by atoms with Crippen molar-refractivity contribution in [3.63, 3.8) is 0 Å². The number of hydrogen-bond donors (Lipinski definition) is 0. The molecule has 0 spiro atoms. The summed E-state index contributed by atoms with van der Waals surface area (Å²) < 4.78 is 12.9. The van der Waals surface area contributed by atoms with Gasteiger partial charge in [0.15, 0.2) is 11.0 Å². The molecule has 0 aliphatic carbocycles. The summed E-state index contributed by atoms with van der Waals surface area (Å²) in [5.74, 6) is -0.561. The van der Waals surface area contributed by atoms with Crippen LogP contribution < -0.4 is 0 Å². The molecule has 4 heteroatoms. The van der Waals surface area contributed by atoms with E-state index in [0.29, 0.717) is 6.42 Å². The molecular weight excluding hydrogens is 167 g/mol. The molecule has 2 nitrogen and oxygen atoms in total. The van der Waals surface area contributed by atoms with Crippen LogP contribution in [0, 0.1) is 5.82 Å². The Bertz CT molecular complexity index is 275. The predicted octanol–water partition coefficient (Wildman–Crippen LogP) is 2.00. The van der Waals surface area contributed by atoms with Crippen molar-refractivity contribution >= 4 is 11.6 Å². The van der Waals surface area contributed by atoms with Crippen LogP contribution in [-0.4, -0.2) is 9.97 Å². The maximum absolute atomic E-state index is 12.9. The van der Waals surface area contributed by atoms with Crippen LogP contribution in [0.3, 0.4) is 0 Å². The Morgan fingerprint density at radius 3 is 3.00 bits per heavy atom. The average molecular weight is 173 g/mol. The molecule has 1 aromatic heterocycles. The molecule has 0 N–H and O–H groups in total. The Hall–Kier alpha value is -0.960. The van der Waals surface area contributed by atoms with Gasteiger partial charge in [0.1, 0.15) is 6.33 Å². The third-order valence-corrected chi connectivity index (χ3v) is 1.42. The molecule has 0 aliphatic rings. The molecule has 0 saturated carbocycles. The first-order valence-electron chi connectivity index (χ1n) is 3.01. The molecule has 11 heavy (non-hydrogen) atoms. The van der Waals surface area contributed by atoms with Crippen molar-refractivity contribution in [3.05, 3.63) is 35.6 Å². The standard InChI is InChI=1S/C7H6ClFN2/c1-2-3-5-6(9)7(8)11-4-10-5/h2,4H,1,3H2. The van der Waals surface area contributed by atoms with Crippen molar-refractivity contribution in [2.45, 2.75) is 6.42 Å². The van der Waals surface area contributed by atoms with Crippen LogP contribution in [0.5, 0.6) is 0 Å². The molecule has 0 unspecified atom stereocenters. The van der Waals surface area contributed by atoms with Crippen molar-refractivity contribution in [3.8, 4) is 0 Å². The number of rotatable bonds is 2. The van der Waals surface area contributed by atoms with Crippen LogP contribution in [-0.2, 0) is 6.42 Å². The van der Waals surface area contributed by atoms with Gasteiger partial charge in [-0.25, -0.2) is 14.4 Å². The monoisotopic (exact) mass is 172 g/mol. The Balaban J connectivity index is 3.05. The fourth-order valence-corrected chi connectivity index (χ4v) is 0.813. The molecule has 1 rings (SSSR count). The minimum atomic E-state index is -0.561. The zero-order chi connectivity index (χ0) is 8.27. The van der Waals surface area contributed by atoms with Gasteiger partial charge in [-0.15, -0.1) is 6.58 Å². The summed E-state index contributed by atoms with van der Waals surface area (Å²) in [5, 5.41) is -0.142. The van der Waals surface area contributed by atoms with Gasteiger partial charge in [0.05, 0.1) is 5.69 Å². The minimum Gasteiger partial charge on any atom is -0.238 e. The zero-order valence-electron chi connectivity index (χ0n) is 5.72. The lowest BCUT2D eigenvalue weighted by Crippen LogP contribution is -1.95. The van der Waals surface area contributed by atoms with Gasteiger partial charge in [-0.3, -0.25) is 0 Å². The van der Waals surface area contributed by atoms with Crippen molar-refractivity contribution in [1.29, 1.82) is 0 Å². The topological polar surface area (TPSA) is 25.8 Å². The molecule has 0 aliphatic heterocycles. The van der Waals surface area contributed by atoms with Crippen LogP contribution in [0.1, 0.15) is 5.69 Å². The van der Waals surface area contributed by atoms with Gasteiger partial charge in [0.25, 0.3) is 0 Å². The Labute approximate surface area is 68.7 Å². The summed E-state index contributed by atoms with van der Waals surface area (Å²) in [7, 11) is 0. The first kappa shape index (κ1) is 8.14. The van der Waals surface area contributed by atoms with Crippen molar-refractivity contribution in [2.75, 3.05) is 0 Å². The quantitative estimate of drug-likeness (QED) is 0.504. The summed E-state index contributed by atoms with van der Waals surface area (Å²) in [6, 6.07) is 0. The van der Waals surface area contributed by atoms with Crippen LogP contribution in [0.15, 0.2) is 19.0 Å². The van der Waals surface area contributed by atoms with Crippen LogP contribution >= 0.6 is 11.6 Å². The van der Waals surface area contributed by atoms with E-state index < -0.39 is 5.82 Å². The molecule has 0 fully saturated rings. The number of hydrogen-bond acceptors (Lipinski definition) is 2. The highest BCUT2D eigenvalue weighted by Gasteiger charge is 2.06. The lowest BCUT2D eigenvalue weighted by atomic mass is 10.3. The van der Waals surface area contributed by atoms with E-state index in [0.717, 1.165) is 0 Å². The summed E-state index contributed by atoms with van der Waals surface area (Å²) in [6.07, 6.45) is 3.15. The van der Waals surface area contributed by atoms with E-state index in [-0.39, 0.29) is 10.8 Å². The molecule has 0 aromatic carbocycles.